The average molecular weight is 626 g/mol. The van der Waals surface area contributed by atoms with Gasteiger partial charge < -0.3 is 9.47 Å². The molecule has 6 rings (SSSR count). The highest BCUT2D eigenvalue weighted by molar-refractivity contribution is 7.98. The third kappa shape index (κ3) is 7.08. The highest BCUT2D eigenvalue weighted by atomic mass is 32.2. The first-order valence-corrected chi connectivity index (χ1v) is 15.7. The summed E-state index contributed by atoms with van der Waals surface area (Å²) in [4.78, 5) is 28.4. The molecule has 0 saturated carbocycles. The summed E-state index contributed by atoms with van der Waals surface area (Å²) in [5.74, 6) is 0.851. The highest BCUT2D eigenvalue weighted by Crippen LogP contribution is 2.28. The summed E-state index contributed by atoms with van der Waals surface area (Å²) in [6.07, 6.45) is 0. The molecule has 0 N–H and O–H groups in total. The van der Waals surface area contributed by atoms with Crippen LogP contribution in [0.15, 0.2) is 133 Å². The Bertz CT molecular complexity index is 1940. The van der Waals surface area contributed by atoms with Crippen molar-refractivity contribution in [3.63, 3.8) is 0 Å². The Kier molecular flexibility index (Phi) is 9.36. The lowest BCUT2D eigenvalue weighted by Gasteiger charge is -2.08. The van der Waals surface area contributed by atoms with E-state index >= 15 is 0 Å². The van der Waals surface area contributed by atoms with Crippen LogP contribution in [0.3, 0.4) is 0 Å². The van der Waals surface area contributed by atoms with Gasteiger partial charge in [0.2, 0.25) is 5.16 Å². The molecule has 0 unspecified atom stereocenters. The van der Waals surface area contributed by atoms with E-state index < -0.39 is 0 Å². The number of rotatable bonds is 10. The maximum absolute atomic E-state index is 11.8. The van der Waals surface area contributed by atoms with Gasteiger partial charge in [-0.25, -0.2) is 19.3 Å². The first-order chi connectivity index (χ1) is 22.5. The van der Waals surface area contributed by atoms with Gasteiger partial charge in [0.25, 0.3) is 0 Å². The number of aromatic nitrogens is 3. The quantitative estimate of drug-likeness (QED) is 0.112. The lowest BCUT2D eigenvalue weighted by Crippen LogP contribution is -2.04. The minimum atomic E-state index is -0.347. The van der Waals surface area contributed by atoms with Crippen LogP contribution in [0.5, 0.6) is 0 Å². The van der Waals surface area contributed by atoms with Crippen molar-refractivity contribution in [1.82, 2.24) is 14.8 Å². The van der Waals surface area contributed by atoms with Crippen LogP contribution in [0, 0.1) is 0 Å². The fourth-order valence-electron chi connectivity index (χ4n) is 5.04. The Hall–Kier alpha value is -5.47. The van der Waals surface area contributed by atoms with Gasteiger partial charge in [0.1, 0.15) is 0 Å². The van der Waals surface area contributed by atoms with Crippen molar-refractivity contribution < 1.29 is 19.1 Å². The number of methoxy groups -OCH3 is 2. The molecule has 1 heterocycles. The van der Waals surface area contributed by atoms with Gasteiger partial charge in [-0.2, -0.15) is 0 Å². The summed E-state index contributed by atoms with van der Waals surface area (Å²) in [6.45, 7) is 0.572. The van der Waals surface area contributed by atoms with Crippen LogP contribution in [0.1, 0.15) is 31.8 Å². The lowest BCUT2D eigenvalue weighted by atomic mass is 10.0. The van der Waals surface area contributed by atoms with Crippen LogP contribution in [-0.2, 0) is 21.8 Å². The van der Waals surface area contributed by atoms with Gasteiger partial charge in [0.15, 0.2) is 5.82 Å². The molecule has 1 aromatic heterocycles. The summed E-state index contributed by atoms with van der Waals surface area (Å²) < 4.78 is 11.5. The van der Waals surface area contributed by atoms with Crippen molar-refractivity contribution in [2.24, 2.45) is 0 Å². The molecule has 0 radical (unpaired) electrons. The predicted molar refractivity (Wildman–Crippen MR) is 181 cm³/mol. The minimum absolute atomic E-state index is 0.343. The molecule has 0 aliphatic carbocycles. The smallest absolute Gasteiger partial charge is 0.337 e. The van der Waals surface area contributed by atoms with Gasteiger partial charge in [-0.15, -0.1) is 5.10 Å². The van der Waals surface area contributed by atoms with Gasteiger partial charge >= 0.3 is 11.9 Å². The molecule has 0 atom stereocenters. The number of ether oxygens (including phenoxy) is 2. The van der Waals surface area contributed by atoms with Crippen LogP contribution >= 0.6 is 11.8 Å². The summed E-state index contributed by atoms with van der Waals surface area (Å²) in [6, 6.07) is 41.6. The Morgan fingerprint density at radius 3 is 1.52 bits per heavy atom. The topological polar surface area (TPSA) is 83.3 Å². The van der Waals surface area contributed by atoms with Crippen molar-refractivity contribution in [2.75, 3.05) is 14.2 Å². The van der Waals surface area contributed by atoms with Crippen molar-refractivity contribution in [3.8, 4) is 33.6 Å². The van der Waals surface area contributed by atoms with Gasteiger partial charge in [-0.05, 0) is 57.6 Å². The maximum atomic E-state index is 11.8. The van der Waals surface area contributed by atoms with Crippen LogP contribution in [0.25, 0.3) is 33.6 Å². The SMILES string of the molecule is COC(=O)c1ccc(-c2ccc(CSc3nc(-c4ccccc4)n(Cc4ccc(-c5ccc(C(=O)OC)cc5)cc4)n3)cc2)cc1. The zero-order valence-corrected chi connectivity index (χ0v) is 26.2. The summed E-state index contributed by atoms with van der Waals surface area (Å²) in [5.41, 5.74) is 8.51. The molecule has 0 amide bonds. The van der Waals surface area contributed by atoms with E-state index in [1.165, 1.54) is 14.2 Å². The zero-order valence-electron chi connectivity index (χ0n) is 25.4. The fourth-order valence-corrected chi connectivity index (χ4v) is 5.84. The molecular formula is C38H31N3O4S. The fraction of sp³-hybridized carbons (Fsp3) is 0.105. The van der Waals surface area contributed by atoms with Gasteiger partial charge in [0.05, 0.1) is 31.9 Å². The molecule has 228 valence electrons. The third-order valence-electron chi connectivity index (χ3n) is 7.57. The normalized spacial score (nSPS) is 10.8. The first kappa shape index (κ1) is 30.6. The van der Waals surface area contributed by atoms with Gasteiger partial charge in [0, 0.05) is 11.3 Å². The second-order valence-electron chi connectivity index (χ2n) is 10.6. The number of nitrogens with zero attached hydrogens (tertiary/aromatic N) is 3. The van der Waals surface area contributed by atoms with Crippen LogP contribution in [0.4, 0.5) is 0 Å². The summed E-state index contributed by atoms with van der Waals surface area (Å²) >= 11 is 1.60. The van der Waals surface area contributed by atoms with Gasteiger partial charge in [-0.3, -0.25) is 0 Å². The molecule has 5 aromatic carbocycles. The molecule has 0 spiro atoms. The van der Waals surface area contributed by atoms with E-state index in [0.29, 0.717) is 22.8 Å². The van der Waals surface area contributed by atoms with E-state index in [2.05, 4.69) is 48.5 Å². The number of benzene rings is 5. The van der Waals surface area contributed by atoms with Crippen LogP contribution in [0.2, 0.25) is 0 Å². The predicted octanol–water partition coefficient (Wildman–Crippen LogP) is 8.19. The second kappa shape index (κ2) is 14.1. The standard InChI is InChI=1S/C38H31N3O4S/c1-44-36(42)33-20-16-30(17-21-33)28-12-8-26(9-13-28)24-41-35(32-6-4-3-5-7-32)39-38(40-41)46-25-27-10-14-29(15-11-27)31-18-22-34(23-19-31)37(43)45-2/h3-23H,24-25H2,1-2H3. The van der Waals surface area contributed by atoms with Crippen molar-refractivity contribution in [1.29, 1.82) is 0 Å². The molecule has 46 heavy (non-hydrogen) atoms. The minimum Gasteiger partial charge on any atom is -0.465 e. The molecular weight excluding hydrogens is 595 g/mol. The van der Waals surface area contributed by atoms with Crippen molar-refractivity contribution >= 4 is 23.7 Å². The molecule has 0 saturated heterocycles. The Morgan fingerprint density at radius 2 is 1.04 bits per heavy atom. The molecule has 0 fully saturated rings. The summed E-state index contributed by atoms with van der Waals surface area (Å²) in [5, 5.41) is 5.61. The second-order valence-corrected chi connectivity index (χ2v) is 11.5. The molecule has 0 aliphatic heterocycles. The Balaban J connectivity index is 1.15. The third-order valence-corrected chi connectivity index (χ3v) is 8.48. The molecule has 8 heteroatoms. The Labute approximate surface area is 271 Å². The number of hydrogen-bond donors (Lipinski definition) is 0. The molecule has 0 bridgehead atoms. The first-order valence-electron chi connectivity index (χ1n) is 14.7. The number of hydrogen-bond acceptors (Lipinski definition) is 7. The number of carbonyl (C=O) groups excluding carboxylic acids is 2. The van der Waals surface area contributed by atoms with Crippen molar-refractivity contribution in [3.05, 3.63) is 150 Å². The van der Waals surface area contributed by atoms with Gasteiger partial charge in [-0.1, -0.05) is 115 Å². The molecule has 0 aliphatic rings. The van der Waals surface area contributed by atoms with E-state index in [0.717, 1.165) is 50.5 Å². The molecule has 6 aromatic rings. The van der Waals surface area contributed by atoms with E-state index in [1.807, 2.05) is 59.3 Å². The Morgan fingerprint density at radius 1 is 0.587 bits per heavy atom. The monoisotopic (exact) mass is 625 g/mol. The number of carbonyl (C=O) groups is 2. The largest absolute Gasteiger partial charge is 0.465 e. The zero-order chi connectivity index (χ0) is 31.9. The van der Waals surface area contributed by atoms with E-state index in [4.69, 9.17) is 19.6 Å². The van der Waals surface area contributed by atoms with E-state index in [-0.39, 0.29) is 11.9 Å². The van der Waals surface area contributed by atoms with Crippen molar-refractivity contribution in [2.45, 2.75) is 17.5 Å². The van der Waals surface area contributed by atoms with E-state index in [9.17, 15) is 9.59 Å². The lowest BCUT2D eigenvalue weighted by molar-refractivity contribution is 0.0592. The maximum Gasteiger partial charge on any atom is 0.337 e. The summed E-state index contributed by atoms with van der Waals surface area (Å²) in [7, 11) is 2.76. The number of esters is 2. The molecule has 7 nitrogen and oxygen atoms in total. The van der Waals surface area contributed by atoms with Crippen LogP contribution in [-0.4, -0.2) is 40.9 Å². The average Bonchev–Trinajstić information content (AvgIpc) is 3.53. The van der Waals surface area contributed by atoms with E-state index in [1.54, 1.807) is 36.0 Å². The van der Waals surface area contributed by atoms with Crippen LogP contribution < -0.4 is 0 Å². The highest BCUT2D eigenvalue weighted by Gasteiger charge is 2.14. The number of thioether (sulfide) groups is 1.